The fourth-order valence-electron chi connectivity index (χ4n) is 3.32. The van der Waals surface area contributed by atoms with Gasteiger partial charge in [0.15, 0.2) is 5.96 Å². The van der Waals surface area contributed by atoms with Gasteiger partial charge < -0.3 is 24.6 Å². The minimum absolute atomic E-state index is 0. The summed E-state index contributed by atoms with van der Waals surface area (Å²) in [7, 11) is 1.85. The van der Waals surface area contributed by atoms with Gasteiger partial charge in [0.25, 0.3) is 0 Å². The van der Waals surface area contributed by atoms with E-state index in [9.17, 15) is 0 Å². The van der Waals surface area contributed by atoms with E-state index in [1.165, 1.54) is 11.5 Å². The average molecular weight is 524 g/mol. The van der Waals surface area contributed by atoms with Gasteiger partial charge in [0.2, 0.25) is 5.13 Å². The number of rotatable bonds is 8. The lowest BCUT2D eigenvalue weighted by Gasteiger charge is -2.36. The maximum Gasteiger partial charge on any atom is 0.205 e. The van der Waals surface area contributed by atoms with Gasteiger partial charge >= 0.3 is 0 Å². The standard InChI is InChI=1S/C18H32N6O2S.HI/c1-3-16-21-18(27-22-16)24-10-8-23(9-11-24)17(19-2)20-7-5-12-25-14-15-6-4-13-26-15;/h15H,3-14H2,1-2H3,(H,19,20);1H. The number of aromatic nitrogens is 2. The zero-order valence-corrected chi connectivity index (χ0v) is 20.1. The second-order valence-corrected chi connectivity index (χ2v) is 7.59. The van der Waals surface area contributed by atoms with Gasteiger partial charge in [0.05, 0.1) is 12.7 Å². The number of guanidine groups is 1. The Kier molecular flexibility index (Phi) is 10.7. The highest BCUT2D eigenvalue weighted by Crippen LogP contribution is 2.19. The minimum Gasteiger partial charge on any atom is -0.379 e. The lowest BCUT2D eigenvalue weighted by atomic mass is 10.2. The minimum atomic E-state index is 0. The molecule has 2 aliphatic heterocycles. The van der Waals surface area contributed by atoms with E-state index in [1.807, 2.05) is 7.05 Å². The van der Waals surface area contributed by atoms with Crippen LogP contribution in [-0.4, -0.2) is 85.9 Å². The van der Waals surface area contributed by atoms with Gasteiger partial charge in [-0.1, -0.05) is 6.92 Å². The Morgan fingerprint density at radius 2 is 2.18 bits per heavy atom. The van der Waals surface area contributed by atoms with Crippen molar-refractivity contribution in [3.63, 3.8) is 0 Å². The predicted octanol–water partition coefficient (Wildman–Crippen LogP) is 2.00. The first-order valence-electron chi connectivity index (χ1n) is 10.0. The molecule has 8 nitrogen and oxygen atoms in total. The van der Waals surface area contributed by atoms with E-state index in [0.29, 0.717) is 6.10 Å². The summed E-state index contributed by atoms with van der Waals surface area (Å²) in [6, 6.07) is 0. The summed E-state index contributed by atoms with van der Waals surface area (Å²) in [5.74, 6) is 1.91. The van der Waals surface area contributed by atoms with E-state index < -0.39 is 0 Å². The molecule has 1 N–H and O–H groups in total. The molecular weight excluding hydrogens is 491 g/mol. The molecular formula is C18H33IN6O2S. The molecule has 2 saturated heterocycles. The molecule has 0 radical (unpaired) electrons. The number of nitrogens with zero attached hydrogens (tertiary/aromatic N) is 5. The van der Waals surface area contributed by atoms with E-state index in [-0.39, 0.29) is 24.0 Å². The van der Waals surface area contributed by atoms with Crippen LogP contribution in [0.3, 0.4) is 0 Å². The summed E-state index contributed by atoms with van der Waals surface area (Å²) in [4.78, 5) is 13.7. The normalized spacial score (nSPS) is 20.4. The SMILES string of the molecule is CCc1nsc(N2CCN(C(=NC)NCCCOCC3CCCO3)CC2)n1.I. The molecule has 0 aliphatic carbocycles. The van der Waals surface area contributed by atoms with Crippen LogP contribution in [0, 0.1) is 0 Å². The second kappa shape index (κ2) is 12.8. The molecule has 2 aliphatic rings. The Morgan fingerprint density at radius 3 is 2.82 bits per heavy atom. The number of aryl methyl sites for hydroxylation is 1. The Morgan fingerprint density at radius 1 is 1.36 bits per heavy atom. The molecule has 0 saturated carbocycles. The number of anilines is 1. The van der Waals surface area contributed by atoms with Crippen LogP contribution in [0.1, 0.15) is 32.0 Å². The van der Waals surface area contributed by atoms with Gasteiger partial charge in [0, 0.05) is 70.9 Å². The Bertz CT molecular complexity index is 588. The van der Waals surface area contributed by atoms with Gasteiger partial charge in [-0.05, 0) is 19.3 Å². The highest BCUT2D eigenvalue weighted by Gasteiger charge is 2.22. The van der Waals surface area contributed by atoms with Crippen molar-refractivity contribution < 1.29 is 9.47 Å². The van der Waals surface area contributed by atoms with Crippen LogP contribution in [0.25, 0.3) is 0 Å². The van der Waals surface area contributed by atoms with Crippen molar-refractivity contribution in [1.29, 1.82) is 0 Å². The number of hydrogen-bond donors (Lipinski definition) is 1. The average Bonchev–Trinajstić information content (AvgIpc) is 3.39. The van der Waals surface area contributed by atoms with Crippen molar-refractivity contribution in [2.24, 2.45) is 4.99 Å². The molecule has 28 heavy (non-hydrogen) atoms. The van der Waals surface area contributed by atoms with Crippen LogP contribution >= 0.6 is 35.5 Å². The lowest BCUT2D eigenvalue weighted by molar-refractivity contribution is 0.0168. The highest BCUT2D eigenvalue weighted by molar-refractivity contribution is 14.0. The third-order valence-corrected chi connectivity index (χ3v) is 5.73. The fraction of sp³-hybridized carbons (Fsp3) is 0.833. The largest absolute Gasteiger partial charge is 0.379 e. The van der Waals surface area contributed by atoms with Gasteiger partial charge in [0.1, 0.15) is 5.82 Å². The van der Waals surface area contributed by atoms with Gasteiger partial charge in [-0.2, -0.15) is 4.37 Å². The molecule has 0 bridgehead atoms. The van der Waals surface area contributed by atoms with Crippen LogP contribution in [0.2, 0.25) is 0 Å². The number of nitrogens with one attached hydrogen (secondary N) is 1. The van der Waals surface area contributed by atoms with E-state index in [0.717, 1.165) is 95.1 Å². The number of piperazine rings is 1. The van der Waals surface area contributed by atoms with Crippen LogP contribution in [-0.2, 0) is 15.9 Å². The molecule has 0 amide bonds. The summed E-state index contributed by atoms with van der Waals surface area (Å²) in [5, 5.41) is 4.50. The first kappa shape index (κ1) is 23.6. The quantitative estimate of drug-likeness (QED) is 0.241. The number of hydrogen-bond acceptors (Lipinski definition) is 7. The van der Waals surface area contributed by atoms with Gasteiger partial charge in [-0.15, -0.1) is 24.0 Å². The zero-order chi connectivity index (χ0) is 18.9. The molecule has 160 valence electrons. The first-order valence-corrected chi connectivity index (χ1v) is 10.8. The van der Waals surface area contributed by atoms with Gasteiger partial charge in [-0.3, -0.25) is 4.99 Å². The van der Waals surface area contributed by atoms with Crippen molar-refractivity contribution in [2.75, 3.05) is 64.5 Å². The summed E-state index contributed by atoms with van der Waals surface area (Å²) >= 11 is 1.50. The molecule has 0 aromatic carbocycles. The monoisotopic (exact) mass is 524 g/mol. The second-order valence-electron chi connectivity index (χ2n) is 6.86. The third-order valence-electron chi connectivity index (χ3n) is 4.91. The van der Waals surface area contributed by atoms with Crippen LogP contribution in [0.4, 0.5) is 5.13 Å². The molecule has 3 rings (SSSR count). The van der Waals surface area contributed by atoms with Crippen LogP contribution < -0.4 is 10.2 Å². The Labute approximate surface area is 189 Å². The molecule has 1 aromatic rings. The smallest absolute Gasteiger partial charge is 0.205 e. The predicted molar refractivity (Wildman–Crippen MR) is 124 cm³/mol. The maximum absolute atomic E-state index is 5.72. The fourth-order valence-corrected chi connectivity index (χ4v) is 4.12. The van der Waals surface area contributed by atoms with E-state index in [1.54, 1.807) is 0 Å². The topological polar surface area (TPSA) is 75.1 Å². The number of halogens is 1. The van der Waals surface area contributed by atoms with Crippen molar-refractivity contribution in [3.8, 4) is 0 Å². The summed E-state index contributed by atoms with van der Waals surface area (Å²) in [6.07, 6.45) is 4.47. The summed E-state index contributed by atoms with van der Waals surface area (Å²) in [6.45, 7) is 9.11. The van der Waals surface area contributed by atoms with E-state index >= 15 is 0 Å². The number of aliphatic imine (C=N–C) groups is 1. The third kappa shape index (κ3) is 6.96. The van der Waals surface area contributed by atoms with Crippen molar-refractivity contribution in [1.82, 2.24) is 19.6 Å². The number of ether oxygens (including phenoxy) is 2. The molecule has 1 atom stereocenters. The molecule has 10 heteroatoms. The van der Waals surface area contributed by atoms with Crippen molar-refractivity contribution >= 4 is 46.6 Å². The Hall–Kier alpha value is -0.720. The first-order chi connectivity index (χ1) is 13.3. The summed E-state index contributed by atoms with van der Waals surface area (Å²) < 4.78 is 15.7. The molecule has 0 spiro atoms. The van der Waals surface area contributed by atoms with E-state index in [2.05, 4.69) is 36.4 Å². The Balaban J connectivity index is 0.00000280. The zero-order valence-electron chi connectivity index (χ0n) is 16.9. The van der Waals surface area contributed by atoms with E-state index in [4.69, 9.17) is 9.47 Å². The summed E-state index contributed by atoms with van der Waals surface area (Å²) in [5.41, 5.74) is 0. The maximum atomic E-state index is 5.72. The molecule has 1 aromatic heterocycles. The highest BCUT2D eigenvalue weighted by atomic mass is 127. The van der Waals surface area contributed by atoms with Crippen LogP contribution in [0.5, 0.6) is 0 Å². The van der Waals surface area contributed by atoms with Crippen molar-refractivity contribution in [2.45, 2.75) is 38.7 Å². The lowest BCUT2D eigenvalue weighted by Crippen LogP contribution is -2.52. The molecule has 2 fully saturated rings. The van der Waals surface area contributed by atoms with Gasteiger partial charge in [-0.25, -0.2) is 4.98 Å². The molecule has 3 heterocycles. The van der Waals surface area contributed by atoms with Crippen molar-refractivity contribution in [3.05, 3.63) is 5.82 Å². The van der Waals surface area contributed by atoms with Crippen LogP contribution in [0.15, 0.2) is 4.99 Å². The molecule has 1 unspecified atom stereocenters.